The van der Waals surface area contributed by atoms with Crippen LogP contribution >= 0.6 is 22.9 Å². The van der Waals surface area contributed by atoms with Crippen molar-refractivity contribution in [3.63, 3.8) is 0 Å². The van der Waals surface area contributed by atoms with Crippen LogP contribution < -0.4 is 10.6 Å². The highest BCUT2D eigenvalue weighted by molar-refractivity contribution is 7.10. The van der Waals surface area contributed by atoms with Gasteiger partial charge < -0.3 is 10.6 Å². The zero-order chi connectivity index (χ0) is 18.4. The van der Waals surface area contributed by atoms with E-state index in [0.29, 0.717) is 17.1 Å². The van der Waals surface area contributed by atoms with Crippen LogP contribution in [0.4, 0.5) is 0 Å². The van der Waals surface area contributed by atoms with Crippen molar-refractivity contribution in [1.29, 1.82) is 0 Å². The maximum atomic E-state index is 12.2. The number of amides is 2. The summed E-state index contributed by atoms with van der Waals surface area (Å²) in [5.74, 6) is -0.550. The molecule has 2 heterocycles. The fourth-order valence-electron chi connectivity index (χ4n) is 3.12. The lowest BCUT2D eigenvalue weighted by Gasteiger charge is -2.26. The molecular weight excluding hydrogens is 370 g/mol. The van der Waals surface area contributed by atoms with E-state index in [1.807, 2.05) is 6.07 Å². The van der Waals surface area contributed by atoms with Crippen LogP contribution in [0.5, 0.6) is 0 Å². The van der Waals surface area contributed by atoms with Gasteiger partial charge >= 0.3 is 0 Å². The molecule has 1 fully saturated rings. The van der Waals surface area contributed by atoms with Gasteiger partial charge in [0, 0.05) is 11.4 Å². The van der Waals surface area contributed by atoms with Gasteiger partial charge in [0.15, 0.2) is 0 Å². The van der Waals surface area contributed by atoms with E-state index in [0.717, 1.165) is 13.1 Å². The summed E-state index contributed by atoms with van der Waals surface area (Å²) in [4.78, 5) is 28.0. The lowest BCUT2D eigenvalue weighted by Crippen LogP contribution is -2.41. The summed E-state index contributed by atoms with van der Waals surface area (Å²) in [6, 6.07) is 11.1. The number of carbonyl (C=O) groups is 2. The third-order valence-corrected chi connectivity index (χ3v) is 5.78. The number of halogens is 1. The molecule has 1 aromatic carbocycles. The van der Waals surface area contributed by atoms with Crippen LogP contribution in [0.25, 0.3) is 0 Å². The summed E-state index contributed by atoms with van der Waals surface area (Å²) in [6.07, 6.45) is 2.40. The third-order valence-electron chi connectivity index (χ3n) is 4.47. The predicted molar refractivity (Wildman–Crippen MR) is 105 cm³/mol. The number of benzene rings is 1. The Hall–Kier alpha value is -1.89. The molecule has 7 heteroatoms. The number of hydrogen-bond acceptors (Lipinski definition) is 4. The third kappa shape index (κ3) is 4.84. The number of thiophene rings is 1. The highest BCUT2D eigenvalue weighted by Gasteiger charge is 2.24. The van der Waals surface area contributed by atoms with E-state index in [1.165, 1.54) is 17.7 Å². The van der Waals surface area contributed by atoms with Gasteiger partial charge in [0.25, 0.3) is 5.91 Å². The van der Waals surface area contributed by atoms with E-state index in [2.05, 4.69) is 27.0 Å². The molecule has 1 atom stereocenters. The van der Waals surface area contributed by atoms with Gasteiger partial charge in [-0.05, 0) is 49.5 Å². The highest BCUT2D eigenvalue weighted by atomic mass is 35.5. The maximum absolute atomic E-state index is 12.2. The minimum absolute atomic E-state index is 0.0682. The highest BCUT2D eigenvalue weighted by Crippen LogP contribution is 2.27. The number of likely N-dealkylation sites (tertiary alicyclic amines) is 1. The topological polar surface area (TPSA) is 61.4 Å². The molecule has 1 saturated heterocycles. The van der Waals surface area contributed by atoms with Gasteiger partial charge in [-0.2, -0.15) is 0 Å². The Balaban J connectivity index is 1.51. The molecule has 0 spiro atoms. The Labute approximate surface area is 162 Å². The van der Waals surface area contributed by atoms with Crippen LogP contribution in [-0.2, 0) is 4.79 Å². The lowest BCUT2D eigenvalue weighted by molar-refractivity contribution is -0.120. The van der Waals surface area contributed by atoms with Crippen molar-refractivity contribution in [2.24, 2.45) is 0 Å². The second-order valence-corrected chi connectivity index (χ2v) is 7.63. The molecule has 1 aliphatic rings. The van der Waals surface area contributed by atoms with Gasteiger partial charge in [-0.1, -0.05) is 29.8 Å². The van der Waals surface area contributed by atoms with E-state index >= 15 is 0 Å². The van der Waals surface area contributed by atoms with Crippen LogP contribution in [0.3, 0.4) is 0 Å². The number of hydrogen-bond donors (Lipinski definition) is 2. The SMILES string of the molecule is O=C(CNC(=O)c1ccccc1Cl)NC[C@H](c1cccs1)N1CCCC1. The molecule has 0 bridgehead atoms. The maximum Gasteiger partial charge on any atom is 0.253 e. The molecule has 5 nitrogen and oxygen atoms in total. The summed E-state index contributed by atoms with van der Waals surface area (Å²) < 4.78 is 0. The first-order valence-corrected chi connectivity index (χ1v) is 9.98. The zero-order valence-electron chi connectivity index (χ0n) is 14.4. The van der Waals surface area contributed by atoms with Gasteiger partial charge in [-0.25, -0.2) is 0 Å². The van der Waals surface area contributed by atoms with Gasteiger partial charge in [0.1, 0.15) is 0 Å². The van der Waals surface area contributed by atoms with Crippen molar-refractivity contribution in [3.05, 3.63) is 57.2 Å². The molecule has 3 rings (SSSR count). The fourth-order valence-corrected chi connectivity index (χ4v) is 4.20. The zero-order valence-corrected chi connectivity index (χ0v) is 16.0. The van der Waals surface area contributed by atoms with Crippen molar-refractivity contribution in [2.45, 2.75) is 18.9 Å². The molecule has 0 radical (unpaired) electrons. The molecular formula is C19H22ClN3O2S. The van der Waals surface area contributed by atoms with Crippen LogP contribution in [-0.4, -0.2) is 42.9 Å². The van der Waals surface area contributed by atoms with Crippen molar-refractivity contribution in [2.75, 3.05) is 26.2 Å². The Bertz CT molecular complexity index is 745. The first-order chi connectivity index (χ1) is 12.6. The van der Waals surface area contributed by atoms with Crippen LogP contribution in [0.2, 0.25) is 5.02 Å². The van der Waals surface area contributed by atoms with Crippen molar-refractivity contribution >= 4 is 34.8 Å². The normalized spacial score (nSPS) is 15.6. The Kier molecular flexibility index (Phi) is 6.66. The van der Waals surface area contributed by atoms with E-state index in [-0.39, 0.29) is 24.4 Å². The quantitative estimate of drug-likeness (QED) is 0.762. The van der Waals surface area contributed by atoms with Gasteiger partial charge in [-0.3, -0.25) is 14.5 Å². The van der Waals surface area contributed by atoms with Crippen LogP contribution in [0.1, 0.15) is 34.1 Å². The standard InChI is InChI=1S/C19H22ClN3O2S/c20-15-7-2-1-6-14(15)19(25)22-13-18(24)21-12-16(17-8-5-11-26-17)23-9-3-4-10-23/h1-2,5-8,11,16H,3-4,9-10,12-13H2,(H,21,24)(H,22,25)/t16-/m1/s1. The average molecular weight is 392 g/mol. The molecule has 0 aliphatic carbocycles. The van der Waals surface area contributed by atoms with E-state index in [9.17, 15) is 9.59 Å². The molecule has 138 valence electrons. The second kappa shape index (κ2) is 9.16. The largest absolute Gasteiger partial charge is 0.353 e. The summed E-state index contributed by atoms with van der Waals surface area (Å²) in [6.45, 7) is 2.59. The van der Waals surface area contributed by atoms with Crippen molar-refractivity contribution in [3.8, 4) is 0 Å². The number of nitrogens with one attached hydrogen (secondary N) is 2. The number of rotatable bonds is 7. The van der Waals surface area contributed by atoms with Gasteiger partial charge in [0.05, 0.1) is 23.2 Å². The Morgan fingerprint density at radius 1 is 1.12 bits per heavy atom. The number of carbonyl (C=O) groups excluding carboxylic acids is 2. The minimum atomic E-state index is -0.347. The van der Waals surface area contributed by atoms with Crippen LogP contribution in [0, 0.1) is 0 Å². The lowest BCUT2D eigenvalue weighted by atomic mass is 10.2. The molecule has 2 N–H and O–H groups in total. The second-order valence-electron chi connectivity index (χ2n) is 6.24. The summed E-state index contributed by atoms with van der Waals surface area (Å²) in [5, 5.41) is 8.00. The molecule has 0 unspecified atom stereocenters. The van der Waals surface area contributed by atoms with Gasteiger partial charge in [-0.15, -0.1) is 11.3 Å². The Morgan fingerprint density at radius 2 is 1.88 bits per heavy atom. The minimum Gasteiger partial charge on any atom is -0.353 e. The molecule has 2 aromatic rings. The predicted octanol–water partition coefficient (Wildman–Crippen LogP) is 3.08. The average Bonchev–Trinajstić information content (AvgIpc) is 3.35. The number of nitrogens with zero attached hydrogens (tertiary/aromatic N) is 1. The van der Waals surface area contributed by atoms with E-state index in [1.54, 1.807) is 35.6 Å². The molecule has 26 heavy (non-hydrogen) atoms. The van der Waals surface area contributed by atoms with E-state index < -0.39 is 0 Å². The molecule has 1 aromatic heterocycles. The first kappa shape index (κ1) is 18.9. The fraction of sp³-hybridized carbons (Fsp3) is 0.368. The summed E-state index contributed by atoms with van der Waals surface area (Å²) >= 11 is 7.71. The van der Waals surface area contributed by atoms with Gasteiger partial charge in [0.2, 0.25) is 5.91 Å². The van der Waals surface area contributed by atoms with Crippen molar-refractivity contribution in [1.82, 2.24) is 15.5 Å². The smallest absolute Gasteiger partial charge is 0.253 e. The monoisotopic (exact) mass is 391 g/mol. The molecule has 1 aliphatic heterocycles. The summed E-state index contributed by atoms with van der Waals surface area (Å²) in [5.41, 5.74) is 0.371. The van der Waals surface area contributed by atoms with E-state index in [4.69, 9.17) is 11.6 Å². The van der Waals surface area contributed by atoms with Crippen molar-refractivity contribution < 1.29 is 9.59 Å². The molecule has 2 amide bonds. The summed E-state index contributed by atoms with van der Waals surface area (Å²) in [7, 11) is 0. The first-order valence-electron chi connectivity index (χ1n) is 8.72. The Morgan fingerprint density at radius 3 is 2.58 bits per heavy atom. The molecule has 0 saturated carbocycles. The van der Waals surface area contributed by atoms with Crippen LogP contribution in [0.15, 0.2) is 41.8 Å².